The Balaban J connectivity index is 1.66. The lowest BCUT2D eigenvalue weighted by atomic mass is 10.3. The normalized spacial score (nSPS) is 14.4. The first-order valence-corrected chi connectivity index (χ1v) is 11.5. The number of morpholine rings is 1. The number of ether oxygens (including phenoxy) is 2. The Morgan fingerprint density at radius 3 is 2.58 bits per heavy atom. The van der Waals surface area contributed by atoms with Crippen molar-refractivity contribution in [2.24, 2.45) is 0 Å². The molecule has 0 unspecified atom stereocenters. The standard InChI is InChI=1S/C23H27F2N9O2/c1-31(2)7-8-33-14-15(13-26-33)20-28-22(32-9-11-36-12-10-32)30-23(29-20)34-16-5-4-6-17(35-3)18(16)27-21(34)19(24)25/h4-6,13-14,19H,7-12H2,1-3H3. The number of para-hydroxylation sites is 1. The topological polar surface area (TPSA) is 99.2 Å². The Bertz CT molecular complexity index is 1350. The van der Waals surface area contributed by atoms with E-state index in [1.54, 1.807) is 29.1 Å². The van der Waals surface area contributed by atoms with Crippen molar-refractivity contribution in [1.82, 2.24) is 39.2 Å². The number of benzene rings is 1. The molecule has 3 aromatic heterocycles. The Labute approximate surface area is 206 Å². The quantitative estimate of drug-likeness (QED) is 0.362. The van der Waals surface area contributed by atoms with Gasteiger partial charge in [-0.1, -0.05) is 6.07 Å². The number of anilines is 1. The Kier molecular flexibility index (Phi) is 6.74. The van der Waals surface area contributed by atoms with E-state index in [0.29, 0.717) is 67.0 Å². The molecule has 0 atom stereocenters. The summed E-state index contributed by atoms with van der Waals surface area (Å²) in [5.41, 5.74) is 1.38. The van der Waals surface area contributed by atoms with Gasteiger partial charge >= 0.3 is 0 Å². The van der Waals surface area contributed by atoms with Gasteiger partial charge in [0.2, 0.25) is 11.9 Å². The van der Waals surface area contributed by atoms with Crippen molar-refractivity contribution in [1.29, 1.82) is 0 Å². The third kappa shape index (κ3) is 4.71. The maximum atomic E-state index is 14.2. The Morgan fingerprint density at radius 1 is 1.08 bits per heavy atom. The summed E-state index contributed by atoms with van der Waals surface area (Å²) in [5, 5.41) is 4.42. The van der Waals surface area contributed by atoms with Crippen LogP contribution in [0.4, 0.5) is 14.7 Å². The summed E-state index contributed by atoms with van der Waals surface area (Å²) in [6.45, 7) is 3.68. The molecular weight excluding hydrogens is 472 g/mol. The zero-order valence-electron chi connectivity index (χ0n) is 20.3. The van der Waals surface area contributed by atoms with Crippen LogP contribution in [0.15, 0.2) is 30.6 Å². The molecule has 13 heteroatoms. The number of likely N-dealkylation sites (N-methyl/N-ethyl adjacent to an activating group) is 1. The molecule has 1 aliphatic heterocycles. The van der Waals surface area contributed by atoms with Crippen LogP contribution in [0.5, 0.6) is 5.75 Å². The molecule has 190 valence electrons. The number of hydrogen-bond donors (Lipinski definition) is 0. The molecule has 1 fully saturated rings. The van der Waals surface area contributed by atoms with E-state index in [1.165, 1.54) is 11.7 Å². The van der Waals surface area contributed by atoms with Crippen molar-refractivity contribution in [2.45, 2.75) is 13.0 Å². The second kappa shape index (κ2) is 10.1. The van der Waals surface area contributed by atoms with E-state index in [9.17, 15) is 8.78 Å². The molecule has 0 radical (unpaired) electrons. The van der Waals surface area contributed by atoms with Crippen LogP contribution in [0.1, 0.15) is 12.2 Å². The number of rotatable bonds is 8. The van der Waals surface area contributed by atoms with E-state index in [2.05, 4.69) is 29.9 Å². The molecule has 0 aliphatic carbocycles. The van der Waals surface area contributed by atoms with Crippen LogP contribution >= 0.6 is 0 Å². The van der Waals surface area contributed by atoms with Gasteiger partial charge in [-0.15, -0.1) is 0 Å². The lowest BCUT2D eigenvalue weighted by Crippen LogP contribution is -2.37. The van der Waals surface area contributed by atoms with Gasteiger partial charge in [0.15, 0.2) is 11.6 Å². The Morgan fingerprint density at radius 2 is 1.86 bits per heavy atom. The van der Waals surface area contributed by atoms with Crippen molar-refractivity contribution < 1.29 is 18.3 Å². The average Bonchev–Trinajstić information content (AvgIpc) is 3.53. The molecule has 1 aliphatic rings. The van der Waals surface area contributed by atoms with E-state index >= 15 is 0 Å². The van der Waals surface area contributed by atoms with Gasteiger partial charge < -0.3 is 19.3 Å². The molecule has 5 rings (SSSR count). The number of fused-ring (bicyclic) bond motifs is 1. The first-order valence-electron chi connectivity index (χ1n) is 11.5. The van der Waals surface area contributed by atoms with Crippen LogP contribution in [0.25, 0.3) is 28.4 Å². The van der Waals surface area contributed by atoms with Gasteiger partial charge in [0.05, 0.1) is 44.1 Å². The van der Waals surface area contributed by atoms with Gasteiger partial charge in [0, 0.05) is 25.8 Å². The molecule has 0 amide bonds. The summed E-state index contributed by atoms with van der Waals surface area (Å²) >= 11 is 0. The molecule has 4 heterocycles. The summed E-state index contributed by atoms with van der Waals surface area (Å²) in [6, 6.07) is 5.08. The van der Waals surface area contributed by atoms with Crippen molar-refractivity contribution >= 4 is 17.0 Å². The second-order valence-electron chi connectivity index (χ2n) is 8.59. The average molecular weight is 500 g/mol. The molecule has 11 nitrogen and oxygen atoms in total. The largest absolute Gasteiger partial charge is 0.494 e. The van der Waals surface area contributed by atoms with Crippen molar-refractivity contribution in [2.75, 3.05) is 59.0 Å². The first-order chi connectivity index (χ1) is 17.4. The van der Waals surface area contributed by atoms with Gasteiger partial charge in [-0.2, -0.15) is 20.1 Å². The van der Waals surface area contributed by atoms with Crippen molar-refractivity contribution in [3.05, 3.63) is 36.4 Å². The number of halogens is 2. The summed E-state index contributed by atoms with van der Waals surface area (Å²) in [4.78, 5) is 22.1. The minimum atomic E-state index is -2.86. The van der Waals surface area contributed by atoms with Gasteiger partial charge in [0.25, 0.3) is 6.43 Å². The van der Waals surface area contributed by atoms with Gasteiger partial charge in [-0.25, -0.2) is 13.8 Å². The zero-order chi connectivity index (χ0) is 25.2. The van der Waals surface area contributed by atoms with Crippen LogP contribution < -0.4 is 9.64 Å². The van der Waals surface area contributed by atoms with Crippen LogP contribution in [0, 0.1) is 0 Å². The first kappa shape index (κ1) is 24.0. The van der Waals surface area contributed by atoms with Gasteiger partial charge in [0.1, 0.15) is 11.3 Å². The number of aromatic nitrogens is 7. The molecule has 0 N–H and O–H groups in total. The lowest BCUT2D eigenvalue weighted by Gasteiger charge is -2.27. The number of hydrogen-bond acceptors (Lipinski definition) is 9. The highest BCUT2D eigenvalue weighted by Gasteiger charge is 2.26. The number of methoxy groups -OCH3 is 1. The SMILES string of the molecule is COc1cccc2c1nc(C(F)F)n2-c1nc(-c2cnn(CCN(C)C)c2)nc(N2CCOCC2)n1. The van der Waals surface area contributed by atoms with E-state index in [-0.39, 0.29) is 5.95 Å². The van der Waals surface area contributed by atoms with E-state index in [0.717, 1.165) is 6.54 Å². The highest BCUT2D eigenvalue weighted by atomic mass is 19.3. The molecular formula is C23H27F2N9O2. The molecule has 1 saturated heterocycles. The minimum absolute atomic E-state index is 0.0496. The predicted octanol–water partition coefficient (Wildman–Crippen LogP) is 2.42. The predicted molar refractivity (Wildman–Crippen MR) is 129 cm³/mol. The maximum Gasteiger partial charge on any atom is 0.296 e. The van der Waals surface area contributed by atoms with Crippen LogP contribution in [0.3, 0.4) is 0 Å². The monoisotopic (exact) mass is 499 g/mol. The molecule has 0 spiro atoms. The van der Waals surface area contributed by atoms with Gasteiger partial charge in [-0.3, -0.25) is 9.25 Å². The fraction of sp³-hybridized carbons (Fsp3) is 0.435. The van der Waals surface area contributed by atoms with Crippen LogP contribution in [-0.4, -0.2) is 93.2 Å². The number of alkyl halides is 2. The van der Waals surface area contributed by atoms with Gasteiger partial charge in [-0.05, 0) is 26.2 Å². The lowest BCUT2D eigenvalue weighted by molar-refractivity contribution is 0.122. The number of nitrogens with zero attached hydrogens (tertiary/aromatic N) is 9. The molecule has 4 aromatic rings. The fourth-order valence-electron chi connectivity index (χ4n) is 4.00. The summed E-state index contributed by atoms with van der Waals surface area (Å²) in [6.07, 6.45) is 0.651. The third-order valence-electron chi connectivity index (χ3n) is 5.86. The third-order valence-corrected chi connectivity index (χ3v) is 5.86. The summed E-state index contributed by atoms with van der Waals surface area (Å²) < 4.78 is 42.3. The van der Waals surface area contributed by atoms with E-state index in [1.807, 2.05) is 25.2 Å². The molecule has 36 heavy (non-hydrogen) atoms. The summed E-state index contributed by atoms with van der Waals surface area (Å²) in [7, 11) is 5.45. The maximum absolute atomic E-state index is 14.2. The minimum Gasteiger partial charge on any atom is -0.494 e. The summed E-state index contributed by atoms with van der Waals surface area (Å²) in [5.74, 6) is 0.680. The van der Waals surface area contributed by atoms with E-state index in [4.69, 9.17) is 9.47 Å². The van der Waals surface area contributed by atoms with E-state index < -0.39 is 12.2 Å². The molecule has 0 saturated carbocycles. The van der Waals surface area contributed by atoms with Crippen molar-refractivity contribution in [3.63, 3.8) is 0 Å². The molecule has 1 aromatic carbocycles. The Hall–Kier alpha value is -3.71. The van der Waals surface area contributed by atoms with Crippen LogP contribution in [0.2, 0.25) is 0 Å². The second-order valence-corrected chi connectivity index (χ2v) is 8.59. The van der Waals surface area contributed by atoms with Crippen LogP contribution in [-0.2, 0) is 11.3 Å². The highest BCUT2D eigenvalue weighted by Crippen LogP contribution is 2.32. The smallest absolute Gasteiger partial charge is 0.296 e. The highest BCUT2D eigenvalue weighted by molar-refractivity contribution is 5.84. The zero-order valence-corrected chi connectivity index (χ0v) is 20.3. The van der Waals surface area contributed by atoms with Crippen molar-refractivity contribution in [3.8, 4) is 23.1 Å². The number of imidazole rings is 1. The fourth-order valence-corrected chi connectivity index (χ4v) is 4.00. The molecule has 0 bridgehead atoms.